The first-order chi connectivity index (χ1) is 12.3. The van der Waals surface area contributed by atoms with Crippen LogP contribution < -0.4 is 10.6 Å². The molecule has 134 valence electrons. The Hall–Kier alpha value is -2.82. The van der Waals surface area contributed by atoms with Crippen LogP contribution in [0.1, 0.15) is 19.4 Å². The largest absolute Gasteiger partial charge is 0.445 e. The van der Waals surface area contributed by atoms with E-state index in [1.807, 2.05) is 6.07 Å². The zero-order valence-electron chi connectivity index (χ0n) is 14.4. The van der Waals surface area contributed by atoms with Crippen molar-refractivity contribution in [3.8, 4) is 6.07 Å². The van der Waals surface area contributed by atoms with Gasteiger partial charge in [-0.3, -0.25) is 14.5 Å². The van der Waals surface area contributed by atoms with E-state index in [0.29, 0.717) is 16.3 Å². The van der Waals surface area contributed by atoms with Gasteiger partial charge in [0.15, 0.2) is 5.78 Å². The number of nitrogens with zero attached hydrogens (tertiary/aromatic N) is 2. The highest BCUT2D eigenvalue weighted by Crippen LogP contribution is 2.54. The number of nitrogens with two attached hydrogens (primary N) is 1. The molecule has 0 aromatic heterocycles. The number of anilines is 1. The molecule has 1 atom stereocenters. The highest BCUT2D eigenvalue weighted by Gasteiger charge is 2.61. The van der Waals surface area contributed by atoms with E-state index in [9.17, 15) is 14.9 Å². The van der Waals surface area contributed by atoms with E-state index >= 15 is 0 Å². The maximum Gasteiger partial charge on any atom is 0.249 e. The molecule has 0 fully saturated rings. The van der Waals surface area contributed by atoms with E-state index in [0.717, 1.165) is 0 Å². The van der Waals surface area contributed by atoms with Gasteiger partial charge in [0, 0.05) is 17.7 Å². The van der Waals surface area contributed by atoms with Gasteiger partial charge in [0.1, 0.15) is 29.5 Å². The van der Waals surface area contributed by atoms with Crippen LogP contribution in [0.4, 0.5) is 5.69 Å². The van der Waals surface area contributed by atoms with Crippen molar-refractivity contribution in [2.75, 3.05) is 18.7 Å². The summed E-state index contributed by atoms with van der Waals surface area (Å²) in [6, 6.07) is 6.78. The van der Waals surface area contributed by atoms with Crippen LogP contribution in [-0.4, -0.2) is 25.5 Å². The Kier molecular flexibility index (Phi) is 4.26. The number of allylic oxidation sites excluding steroid dienone is 1. The number of benzene rings is 1. The van der Waals surface area contributed by atoms with Crippen molar-refractivity contribution in [2.45, 2.75) is 19.3 Å². The minimum Gasteiger partial charge on any atom is -0.445 e. The van der Waals surface area contributed by atoms with Crippen molar-refractivity contribution < 1.29 is 19.1 Å². The van der Waals surface area contributed by atoms with Crippen LogP contribution in [0.15, 0.2) is 41.0 Å². The van der Waals surface area contributed by atoms with Crippen molar-refractivity contribution in [2.24, 2.45) is 5.73 Å². The van der Waals surface area contributed by atoms with Crippen molar-refractivity contribution in [3.05, 3.63) is 51.6 Å². The number of Topliss-reactive ketones (excluding diaryl/α,β-unsaturated/α-hetero) is 1. The number of rotatable bonds is 3. The first-order valence-corrected chi connectivity index (χ1v) is 8.09. The van der Waals surface area contributed by atoms with Crippen molar-refractivity contribution in [1.82, 2.24) is 0 Å². The average Bonchev–Trinajstić information content (AvgIpc) is 2.78. The zero-order chi connectivity index (χ0) is 19.2. The molecule has 2 heterocycles. The van der Waals surface area contributed by atoms with Crippen LogP contribution in [0.5, 0.6) is 0 Å². The number of ether oxygens (including phenoxy) is 2. The molecule has 0 saturated carbocycles. The van der Waals surface area contributed by atoms with Crippen molar-refractivity contribution in [3.63, 3.8) is 0 Å². The van der Waals surface area contributed by atoms with Gasteiger partial charge in [0.05, 0.1) is 11.3 Å². The highest BCUT2D eigenvalue weighted by molar-refractivity contribution is 6.31. The second-order valence-electron chi connectivity index (χ2n) is 6.00. The predicted octanol–water partition coefficient (Wildman–Crippen LogP) is 2.12. The fraction of sp³-hybridized carbons (Fsp3) is 0.278. The summed E-state index contributed by atoms with van der Waals surface area (Å²) in [6.07, 6.45) is 0. The SMILES string of the molecule is COCN1C(=O)[C@@]2(C(C#N)=C(N)OC(C)=C2C(C)=O)c2ccc(Cl)cc21. The Labute approximate surface area is 155 Å². The van der Waals surface area contributed by atoms with Gasteiger partial charge in [-0.15, -0.1) is 0 Å². The Morgan fingerprint density at radius 1 is 1.50 bits per heavy atom. The summed E-state index contributed by atoms with van der Waals surface area (Å²) < 4.78 is 10.5. The van der Waals surface area contributed by atoms with Crippen LogP contribution in [0, 0.1) is 11.3 Å². The number of amides is 1. The fourth-order valence-electron chi connectivity index (χ4n) is 3.70. The summed E-state index contributed by atoms with van der Waals surface area (Å²) in [4.78, 5) is 27.4. The summed E-state index contributed by atoms with van der Waals surface area (Å²) in [5.74, 6) is -0.925. The molecular weight excluding hydrogens is 358 g/mol. The smallest absolute Gasteiger partial charge is 0.249 e. The predicted molar refractivity (Wildman–Crippen MR) is 93.8 cm³/mol. The minimum atomic E-state index is -1.68. The summed E-state index contributed by atoms with van der Waals surface area (Å²) >= 11 is 6.11. The van der Waals surface area contributed by atoms with Gasteiger partial charge in [-0.05, 0) is 26.0 Å². The molecule has 26 heavy (non-hydrogen) atoms. The molecule has 8 heteroatoms. The number of fused-ring (bicyclic) bond motifs is 2. The maximum absolute atomic E-state index is 13.5. The Morgan fingerprint density at radius 3 is 2.77 bits per heavy atom. The minimum absolute atomic E-state index is 0.0718. The molecule has 1 aromatic carbocycles. The molecule has 1 amide bonds. The third-order valence-corrected chi connectivity index (χ3v) is 4.79. The van der Waals surface area contributed by atoms with E-state index in [1.165, 1.54) is 18.9 Å². The lowest BCUT2D eigenvalue weighted by atomic mass is 9.67. The molecule has 1 aromatic rings. The van der Waals surface area contributed by atoms with E-state index in [4.69, 9.17) is 26.8 Å². The number of carbonyl (C=O) groups is 2. The molecule has 0 unspecified atom stereocenters. The monoisotopic (exact) mass is 373 g/mol. The number of ketones is 1. The Balaban J connectivity index is 2.47. The standard InChI is InChI=1S/C18H16ClN3O4/c1-9(23)15-10(2)26-16(21)13(7-20)18(15)12-5-4-11(19)6-14(12)22(8-25-3)17(18)24/h4-6H,8,21H2,1-3H3/t18-/m1/s1. The first kappa shape index (κ1) is 18.0. The number of halogens is 1. The van der Waals surface area contributed by atoms with Gasteiger partial charge >= 0.3 is 0 Å². The molecule has 0 bridgehead atoms. The summed E-state index contributed by atoms with van der Waals surface area (Å²) in [7, 11) is 1.44. The third kappa shape index (κ3) is 2.16. The average molecular weight is 374 g/mol. The lowest BCUT2D eigenvalue weighted by Crippen LogP contribution is -2.48. The highest BCUT2D eigenvalue weighted by atomic mass is 35.5. The molecule has 7 nitrogen and oxygen atoms in total. The van der Waals surface area contributed by atoms with Crippen LogP contribution >= 0.6 is 11.6 Å². The Bertz CT molecular complexity index is 944. The van der Waals surface area contributed by atoms with E-state index in [-0.39, 0.29) is 29.5 Å². The number of carbonyl (C=O) groups excluding carboxylic acids is 2. The summed E-state index contributed by atoms with van der Waals surface area (Å²) in [6.45, 7) is 2.79. The van der Waals surface area contributed by atoms with Crippen LogP contribution in [-0.2, 0) is 24.5 Å². The zero-order valence-corrected chi connectivity index (χ0v) is 15.2. The molecule has 3 rings (SSSR count). The second kappa shape index (κ2) is 6.16. The third-order valence-electron chi connectivity index (χ3n) is 4.55. The first-order valence-electron chi connectivity index (χ1n) is 7.72. The van der Waals surface area contributed by atoms with E-state index in [1.54, 1.807) is 25.1 Å². The van der Waals surface area contributed by atoms with Gasteiger partial charge in [-0.1, -0.05) is 17.7 Å². The number of hydrogen-bond acceptors (Lipinski definition) is 6. The Morgan fingerprint density at radius 2 is 2.19 bits per heavy atom. The molecule has 0 saturated heterocycles. The van der Waals surface area contributed by atoms with Crippen LogP contribution in [0.25, 0.3) is 0 Å². The fourth-order valence-corrected chi connectivity index (χ4v) is 3.87. The summed E-state index contributed by atoms with van der Waals surface area (Å²) in [5.41, 5.74) is 5.10. The molecular formula is C18H16ClN3O4. The van der Waals surface area contributed by atoms with E-state index < -0.39 is 17.1 Å². The molecule has 0 aliphatic carbocycles. The van der Waals surface area contributed by atoms with Gasteiger partial charge in [0.25, 0.3) is 0 Å². The van der Waals surface area contributed by atoms with Crippen LogP contribution in [0.3, 0.4) is 0 Å². The lowest BCUT2D eigenvalue weighted by Gasteiger charge is -2.34. The van der Waals surface area contributed by atoms with E-state index in [2.05, 4.69) is 0 Å². The number of nitriles is 1. The molecule has 1 spiro atoms. The topological polar surface area (TPSA) is 106 Å². The molecule has 2 aliphatic heterocycles. The second-order valence-corrected chi connectivity index (χ2v) is 6.44. The molecule has 0 radical (unpaired) electrons. The normalized spacial score (nSPS) is 21.8. The number of methoxy groups -OCH3 is 1. The quantitative estimate of drug-likeness (QED) is 0.869. The van der Waals surface area contributed by atoms with Crippen molar-refractivity contribution in [1.29, 1.82) is 5.26 Å². The maximum atomic E-state index is 13.5. The molecule has 2 aliphatic rings. The number of hydrogen-bond donors (Lipinski definition) is 1. The van der Waals surface area contributed by atoms with Gasteiger partial charge in [-0.2, -0.15) is 5.26 Å². The van der Waals surface area contributed by atoms with Gasteiger partial charge in [0.2, 0.25) is 11.8 Å². The summed E-state index contributed by atoms with van der Waals surface area (Å²) in [5, 5.41) is 10.2. The van der Waals surface area contributed by atoms with Gasteiger partial charge in [-0.25, -0.2) is 0 Å². The van der Waals surface area contributed by atoms with Crippen LogP contribution in [0.2, 0.25) is 5.02 Å². The van der Waals surface area contributed by atoms with Gasteiger partial charge < -0.3 is 15.2 Å². The lowest BCUT2D eigenvalue weighted by molar-refractivity contribution is -0.124. The van der Waals surface area contributed by atoms with Crippen molar-refractivity contribution >= 4 is 29.0 Å². The molecule has 2 N–H and O–H groups in total.